The molecule has 1 aliphatic heterocycles. The second-order valence-corrected chi connectivity index (χ2v) is 5.46. The number of nitrogens with zero attached hydrogens (tertiary/aromatic N) is 4. The Morgan fingerprint density at radius 3 is 3.11 bits per heavy atom. The van der Waals surface area contributed by atoms with Crippen LogP contribution in [-0.2, 0) is 6.42 Å². The molecule has 4 nitrogen and oxygen atoms in total. The molecule has 3 heterocycles. The van der Waals surface area contributed by atoms with Gasteiger partial charge in [-0.3, -0.25) is 0 Å². The van der Waals surface area contributed by atoms with Gasteiger partial charge >= 0.3 is 0 Å². The molecule has 0 radical (unpaired) electrons. The molecule has 1 atom stereocenters. The van der Waals surface area contributed by atoms with Crippen LogP contribution in [0.1, 0.15) is 24.2 Å². The normalized spacial score (nSPS) is 21.6. The smallest absolute Gasteiger partial charge is 0.158 e. The molecule has 0 bridgehead atoms. The molecule has 0 saturated carbocycles. The molecular formula is C14H20N4. The van der Waals surface area contributed by atoms with E-state index in [0.29, 0.717) is 5.92 Å². The van der Waals surface area contributed by atoms with E-state index in [4.69, 9.17) is 0 Å². The number of aromatic nitrogens is 3. The van der Waals surface area contributed by atoms with E-state index in [-0.39, 0.29) is 0 Å². The number of likely N-dealkylation sites (tertiary alicyclic amines) is 1. The van der Waals surface area contributed by atoms with Crippen molar-refractivity contribution in [2.45, 2.75) is 26.2 Å². The minimum Gasteiger partial charge on any atom is -0.306 e. The van der Waals surface area contributed by atoms with Crippen LogP contribution in [0.2, 0.25) is 0 Å². The van der Waals surface area contributed by atoms with Crippen molar-refractivity contribution in [2.24, 2.45) is 5.92 Å². The molecule has 1 fully saturated rings. The molecule has 96 valence electrons. The number of piperidine rings is 1. The molecule has 1 aliphatic rings. The summed E-state index contributed by atoms with van der Waals surface area (Å²) < 4.78 is 1.90. The van der Waals surface area contributed by atoms with Crippen molar-refractivity contribution in [3.05, 3.63) is 29.7 Å². The van der Waals surface area contributed by atoms with Crippen molar-refractivity contribution in [2.75, 3.05) is 20.1 Å². The molecule has 2 aromatic rings. The second-order valence-electron chi connectivity index (χ2n) is 5.46. The van der Waals surface area contributed by atoms with E-state index in [9.17, 15) is 0 Å². The van der Waals surface area contributed by atoms with Gasteiger partial charge < -0.3 is 4.90 Å². The summed E-state index contributed by atoms with van der Waals surface area (Å²) in [7, 11) is 2.20. The fourth-order valence-corrected chi connectivity index (χ4v) is 2.87. The third kappa shape index (κ3) is 2.25. The number of fused-ring (bicyclic) bond motifs is 1. The standard InChI is InChI=1S/C14H20N4/c1-11-5-3-8-18-14(11)15-13(16-18)9-12-6-4-7-17(2)10-12/h3,5,8,12H,4,6-7,9-10H2,1-2H3. The van der Waals surface area contributed by atoms with Crippen LogP contribution in [0, 0.1) is 12.8 Å². The number of pyridine rings is 1. The second kappa shape index (κ2) is 4.69. The van der Waals surface area contributed by atoms with Gasteiger partial charge in [-0.15, -0.1) is 0 Å². The van der Waals surface area contributed by atoms with Crippen molar-refractivity contribution in [3.63, 3.8) is 0 Å². The van der Waals surface area contributed by atoms with Gasteiger partial charge in [-0.2, -0.15) is 5.10 Å². The Morgan fingerprint density at radius 2 is 2.33 bits per heavy atom. The molecule has 3 rings (SSSR count). The SMILES string of the molecule is Cc1cccn2nc(CC3CCCN(C)C3)nc12. The molecule has 0 N–H and O–H groups in total. The highest BCUT2D eigenvalue weighted by molar-refractivity contribution is 5.45. The fourth-order valence-electron chi connectivity index (χ4n) is 2.87. The Kier molecular flexibility index (Phi) is 3.04. The maximum atomic E-state index is 4.66. The highest BCUT2D eigenvalue weighted by Gasteiger charge is 2.19. The predicted octanol–water partition coefficient (Wildman–Crippen LogP) is 1.92. The van der Waals surface area contributed by atoms with Crippen LogP contribution in [0.5, 0.6) is 0 Å². The van der Waals surface area contributed by atoms with Crippen LogP contribution >= 0.6 is 0 Å². The lowest BCUT2D eigenvalue weighted by atomic mass is 9.95. The van der Waals surface area contributed by atoms with Crippen LogP contribution in [0.3, 0.4) is 0 Å². The van der Waals surface area contributed by atoms with Crippen molar-refractivity contribution < 1.29 is 0 Å². The van der Waals surface area contributed by atoms with Crippen LogP contribution in [-0.4, -0.2) is 39.6 Å². The molecule has 4 heteroatoms. The maximum absolute atomic E-state index is 4.66. The van der Waals surface area contributed by atoms with Gasteiger partial charge in [0.05, 0.1) is 0 Å². The topological polar surface area (TPSA) is 33.4 Å². The van der Waals surface area contributed by atoms with Gasteiger partial charge in [0, 0.05) is 19.2 Å². The third-order valence-electron chi connectivity index (χ3n) is 3.79. The summed E-state index contributed by atoms with van der Waals surface area (Å²) in [6.07, 6.45) is 5.59. The lowest BCUT2D eigenvalue weighted by Crippen LogP contribution is -2.33. The number of aryl methyl sites for hydroxylation is 1. The first-order valence-electron chi connectivity index (χ1n) is 6.72. The molecule has 0 amide bonds. The first-order valence-corrected chi connectivity index (χ1v) is 6.72. The third-order valence-corrected chi connectivity index (χ3v) is 3.79. The van der Waals surface area contributed by atoms with Gasteiger partial charge in [-0.05, 0) is 50.9 Å². The highest BCUT2D eigenvalue weighted by Crippen LogP contribution is 2.19. The average molecular weight is 244 g/mol. The van der Waals surface area contributed by atoms with Crippen molar-refractivity contribution in [1.82, 2.24) is 19.5 Å². The minimum absolute atomic E-state index is 0.710. The zero-order chi connectivity index (χ0) is 12.5. The van der Waals surface area contributed by atoms with Gasteiger partial charge in [-0.25, -0.2) is 9.50 Å². The van der Waals surface area contributed by atoms with E-state index in [1.54, 1.807) is 0 Å². The summed E-state index contributed by atoms with van der Waals surface area (Å²) in [4.78, 5) is 7.08. The van der Waals surface area contributed by atoms with E-state index >= 15 is 0 Å². The maximum Gasteiger partial charge on any atom is 0.158 e. The zero-order valence-corrected chi connectivity index (χ0v) is 11.1. The van der Waals surface area contributed by atoms with E-state index in [2.05, 4.69) is 35.0 Å². The summed E-state index contributed by atoms with van der Waals surface area (Å²) in [6.45, 7) is 4.49. The quantitative estimate of drug-likeness (QED) is 0.809. The number of hydrogen-bond donors (Lipinski definition) is 0. The summed E-state index contributed by atoms with van der Waals surface area (Å²) in [5, 5.41) is 4.58. The van der Waals surface area contributed by atoms with Crippen LogP contribution in [0.15, 0.2) is 18.3 Å². The Balaban J connectivity index is 1.80. The van der Waals surface area contributed by atoms with E-state index in [0.717, 1.165) is 17.9 Å². The van der Waals surface area contributed by atoms with Crippen LogP contribution < -0.4 is 0 Å². The Bertz CT molecular complexity index is 546. The lowest BCUT2D eigenvalue weighted by Gasteiger charge is -2.28. The molecule has 0 aromatic carbocycles. The lowest BCUT2D eigenvalue weighted by molar-refractivity contribution is 0.207. The summed E-state index contributed by atoms with van der Waals surface area (Å²) in [6, 6.07) is 4.11. The molecule has 1 unspecified atom stereocenters. The fraction of sp³-hybridized carbons (Fsp3) is 0.571. The van der Waals surface area contributed by atoms with E-state index < -0.39 is 0 Å². The van der Waals surface area contributed by atoms with Crippen molar-refractivity contribution >= 4 is 5.65 Å². The summed E-state index contributed by atoms with van der Waals surface area (Å²) in [5.74, 6) is 1.70. The first-order chi connectivity index (χ1) is 8.72. The Labute approximate surface area is 108 Å². The Morgan fingerprint density at radius 1 is 1.44 bits per heavy atom. The van der Waals surface area contributed by atoms with Gasteiger partial charge in [0.25, 0.3) is 0 Å². The van der Waals surface area contributed by atoms with Gasteiger partial charge in [-0.1, -0.05) is 6.07 Å². The molecule has 1 saturated heterocycles. The summed E-state index contributed by atoms with van der Waals surface area (Å²) in [5.41, 5.74) is 2.19. The molecule has 18 heavy (non-hydrogen) atoms. The minimum atomic E-state index is 0.710. The van der Waals surface area contributed by atoms with Crippen LogP contribution in [0.25, 0.3) is 5.65 Å². The van der Waals surface area contributed by atoms with Crippen LogP contribution in [0.4, 0.5) is 0 Å². The first kappa shape index (κ1) is 11.7. The Hall–Kier alpha value is -1.42. The predicted molar refractivity (Wildman–Crippen MR) is 71.6 cm³/mol. The highest BCUT2D eigenvalue weighted by atomic mass is 15.3. The van der Waals surface area contributed by atoms with Crippen molar-refractivity contribution in [1.29, 1.82) is 0 Å². The van der Waals surface area contributed by atoms with Gasteiger partial charge in [0.1, 0.15) is 0 Å². The molecule has 0 spiro atoms. The largest absolute Gasteiger partial charge is 0.306 e. The zero-order valence-electron chi connectivity index (χ0n) is 11.1. The van der Waals surface area contributed by atoms with Crippen molar-refractivity contribution in [3.8, 4) is 0 Å². The van der Waals surface area contributed by atoms with Gasteiger partial charge in [0.15, 0.2) is 11.5 Å². The molecule has 0 aliphatic carbocycles. The monoisotopic (exact) mass is 244 g/mol. The molecular weight excluding hydrogens is 224 g/mol. The average Bonchev–Trinajstić information content (AvgIpc) is 2.73. The van der Waals surface area contributed by atoms with E-state index in [1.807, 2.05) is 16.8 Å². The number of hydrogen-bond acceptors (Lipinski definition) is 3. The summed E-state index contributed by atoms with van der Waals surface area (Å²) >= 11 is 0. The molecule has 2 aromatic heterocycles. The van der Waals surface area contributed by atoms with E-state index in [1.165, 1.54) is 31.5 Å². The van der Waals surface area contributed by atoms with Gasteiger partial charge in [0.2, 0.25) is 0 Å². The number of rotatable bonds is 2.